The highest BCUT2D eigenvalue weighted by Crippen LogP contribution is 2.28. The van der Waals surface area contributed by atoms with Crippen LogP contribution in [-0.2, 0) is 0 Å². The van der Waals surface area contributed by atoms with Crippen LogP contribution in [0.25, 0.3) is 0 Å². The minimum Gasteiger partial charge on any atom is -0.478 e. The SMILES string of the molecule is O=C(O)c1ccc(OC(F)(F)F)c(I)c1. The monoisotopic (exact) mass is 332 g/mol. The zero-order chi connectivity index (χ0) is 11.6. The van der Waals surface area contributed by atoms with Crippen LogP contribution in [0.4, 0.5) is 13.2 Å². The quantitative estimate of drug-likeness (QED) is 0.848. The molecule has 0 saturated carbocycles. The number of rotatable bonds is 2. The second kappa shape index (κ2) is 4.25. The van der Waals surface area contributed by atoms with Crippen molar-refractivity contribution in [1.82, 2.24) is 0 Å². The first kappa shape index (κ1) is 12.1. The van der Waals surface area contributed by atoms with Crippen molar-refractivity contribution in [3.63, 3.8) is 0 Å². The number of aromatic carboxylic acids is 1. The van der Waals surface area contributed by atoms with Gasteiger partial charge in [-0.3, -0.25) is 0 Å². The molecule has 0 unspecified atom stereocenters. The summed E-state index contributed by atoms with van der Waals surface area (Å²) in [5.74, 6) is -1.61. The van der Waals surface area contributed by atoms with Crippen LogP contribution >= 0.6 is 22.6 Å². The zero-order valence-electron chi connectivity index (χ0n) is 7.01. The van der Waals surface area contributed by atoms with Gasteiger partial charge in [-0.15, -0.1) is 13.2 Å². The molecule has 15 heavy (non-hydrogen) atoms. The second-order valence-electron chi connectivity index (χ2n) is 2.50. The molecule has 0 amide bonds. The molecule has 0 saturated heterocycles. The van der Waals surface area contributed by atoms with Crippen molar-refractivity contribution >= 4 is 28.6 Å². The van der Waals surface area contributed by atoms with E-state index in [1.165, 1.54) is 0 Å². The summed E-state index contributed by atoms with van der Waals surface area (Å²) in [5, 5.41) is 8.57. The van der Waals surface area contributed by atoms with Crippen molar-refractivity contribution < 1.29 is 27.8 Å². The summed E-state index contributed by atoms with van der Waals surface area (Å²) in [7, 11) is 0. The number of ether oxygens (including phenoxy) is 1. The topological polar surface area (TPSA) is 46.5 Å². The Kier molecular flexibility index (Phi) is 3.42. The minimum atomic E-state index is -4.77. The van der Waals surface area contributed by atoms with E-state index in [0.717, 1.165) is 18.2 Å². The maximum atomic E-state index is 11.8. The van der Waals surface area contributed by atoms with Crippen molar-refractivity contribution in [1.29, 1.82) is 0 Å². The Morgan fingerprint density at radius 3 is 2.40 bits per heavy atom. The summed E-state index contributed by atoms with van der Waals surface area (Å²) >= 11 is 1.57. The molecule has 1 rings (SSSR count). The van der Waals surface area contributed by atoms with Gasteiger partial charge in [0.25, 0.3) is 0 Å². The lowest BCUT2D eigenvalue weighted by Gasteiger charge is -2.10. The van der Waals surface area contributed by atoms with Crippen LogP contribution in [0.15, 0.2) is 18.2 Å². The fourth-order valence-electron chi connectivity index (χ4n) is 0.841. The maximum absolute atomic E-state index is 11.8. The highest BCUT2D eigenvalue weighted by atomic mass is 127. The Balaban J connectivity index is 2.99. The largest absolute Gasteiger partial charge is 0.573 e. The van der Waals surface area contributed by atoms with Crippen molar-refractivity contribution in [2.45, 2.75) is 6.36 Å². The molecule has 0 aliphatic heterocycles. The lowest BCUT2D eigenvalue weighted by molar-refractivity contribution is -0.274. The van der Waals surface area contributed by atoms with Crippen LogP contribution in [0.3, 0.4) is 0 Å². The van der Waals surface area contributed by atoms with Crippen molar-refractivity contribution in [2.75, 3.05) is 0 Å². The predicted octanol–water partition coefficient (Wildman–Crippen LogP) is 2.89. The Hall–Kier alpha value is -0.990. The first-order valence-corrected chi connectivity index (χ1v) is 4.66. The molecule has 7 heteroatoms. The van der Waals surface area contributed by atoms with E-state index in [0.29, 0.717) is 0 Å². The summed E-state index contributed by atoms with van der Waals surface area (Å²) in [6.45, 7) is 0. The Labute approximate surface area is 96.0 Å². The average molecular weight is 332 g/mol. The molecule has 3 nitrogen and oxygen atoms in total. The van der Waals surface area contributed by atoms with Crippen LogP contribution in [0.1, 0.15) is 10.4 Å². The molecule has 1 N–H and O–H groups in total. The van der Waals surface area contributed by atoms with E-state index in [4.69, 9.17) is 5.11 Å². The third-order valence-electron chi connectivity index (χ3n) is 1.40. The van der Waals surface area contributed by atoms with Gasteiger partial charge in [-0.1, -0.05) is 0 Å². The van der Waals surface area contributed by atoms with Crippen molar-refractivity contribution in [3.05, 3.63) is 27.3 Å². The van der Waals surface area contributed by atoms with E-state index in [1.807, 2.05) is 0 Å². The number of hydrogen-bond acceptors (Lipinski definition) is 2. The van der Waals surface area contributed by atoms with E-state index in [-0.39, 0.29) is 9.13 Å². The Morgan fingerprint density at radius 1 is 1.40 bits per heavy atom. The third-order valence-corrected chi connectivity index (χ3v) is 2.25. The first-order chi connectivity index (χ1) is 6.79. The number of carboxylic acid groups (broad SMARTS) is 1. The van der Waals surface area contributed by atoms with Crippen LogP contribution in [0.5, 0.6) is 5.75 Å². The molecule has 0 fully saturated rings. The minimum absolute atomic E-state index is 0.0878. The van der Waals surface area contributed by atoms with Crippen LogP contribution in [0.2, 0.25) is 0 Å². The second-order valence-corrected chi connectivity index (χ2v) is 3.66. The molecule has 0 aliphatic carbocycles. The lowest BCUT2D eigenvalue weighted by atomic mass is 10.2. The van der Waals surface area contributed by atoms with E-state index >= 15 is 0 Å². The van der Waals surface area contributed by atoms with E-state index in [2.05, 4.69) is 4.74 Å². The van der Waals surface area contributed by atoms with E-state index in [9.17, 15) is 18.0 Å². The molecule has 82 valence electrons. The summed E-state index contributed by atoms with van der Waals surface area (Å²) in [6.07, 6.45) is -4.77. The van der Waals surface area contributed by atoms with Gasteiger partial charge in [0.2, 0.25) is 0 Å². The number of carboxylic acids is 1. The number of benzene rings is 1. The normalized spacial score (nSPS) is 11.2. The summed E-state index contributed by atoms with van der Waals surface area (Å²) in [6, 6.07) is 3.12. The Morgan fingerprint density at radius 2 is 2.00 bits per heavy atom. The first-order valence-electron chi connectivity index (χ1n) is 3.58. The molecule has 0 spiro atoms. The highest BCUT2D eigenvalue weighted by molar-refractivity contribution is 14.1. The lowest BCUT2D eigenvalue weighted by Crippen LogP contribution is -2.18. The number of hydrogen-bond donors (Lipinski definition) is 1. The summed E-state index contributed by atoms with van der Waals surface area (Å²) in [5.41, 5.74) is -0.0890. The Bertz CT molecular complexity index is 389. The average Bonchev–Trinajstić information content (AvgIpc) is 2.05. The van der Waals surface area contributed by atoms with Gasteiger partial charge in [0.15, 0.2) is 0 Å². The van der Waals surface area contributed by atoms with Crippen LogP contribution in [0, 0.1) is 3.57 Å². The zero-order valence-corrected chi connectivity index (χ0v) is 9.17. The van der Waals surface area contributed by atoms with Gasteiger partial charge in [-0.2, -0.15) is 0 Å². The summed E-state index contributed by atoms with van der Waals surface area (Å²) < 4.78 is 39.3. The fourth-order valence-corrected chi connectivity index (χ4v) is 1.47. The molecule has 0 heterocycles. The van der Waals surface area contributed by atoms with Gasteiger partial charge in [-0.25, -0.2) is 4.79 Å². The smallest absolute Gasteiger partial charge is 0.478 e. The van der Waals surface area contributed by atoms with Crippen LogP contribution in [-0.4, -0.2) is 17.4 Å². The van der Waals surface area contributed by atoms with Gasteiger partial charge < -0.3 is 9.84 Å². The van der Waals surface area contributed by atoms with E-state index < -0.39 is 18.1 Å². The molecule has 0 atom stereocenters. The predicted molar refractivity (Wildman–Crippen MR) is 52.8 cm³/mol. The fraction of sp³-hybridized carbons (Fsp3) is 0.125. The maximum Gasteiger partial charge on any atom is 0.573 e. The molecule has 0 aromatic heterocycles. The third kappa shape index (κ3) is 3.57. The molecule has 1 aromatic rings. The standard InChI is InChI=1S/C8H4F3IO3/c9-8(10,11)15-6-2-1-4(7(13)14)3-5(6)12/h1-3H,(H,13,14). The highest BCUT2D eigenvalue weighted by Gasteiger charge is 2.32. The van der Waals surface area contributed by atoms with E-state index in [1.54, 1.807) is 22.6 Å². The van der Waals surface area contributed by atoms with Crippen molar-refractivity contribution in [3.8, 4) is 5.75 Å². The van der Waals surface area contributed by atoms with Gasteiger partial charge >= 0.3 is 12.3 Å². The van der Waals surface area contributed by atoms with Gasteiger partial charge in [0.05, 0.1) is 9.13 Å². The molecule has 1 aromatic carbocycles. The van der Waals surface area contributed by atoms with Crippen LogP contribution < -0.4 is 4.74 Å². The number of alkyl halides is 3. The van der Waals surface area contributed by atoms with Crippen molar-refractivity contribution in [2.24, 2.45) is 0 Å². The van der Waals surface area contributed by atoms with Gasteiger partial charge in [0.1, 0.15) is 5.75 Å². The molecular weight excluding hydrogens is 328 g/mol. The molecule has 0 bridgehead atoms. The number of carbonyl (C=O) groups is 1. The van der Waals surface area contributed by atoms with Gasteiger partial charge in [-0.05, 0) is 40.8 Å². The molecular formula is C8H4F3IO3. The van der Waals surface area contributed by atoms with Gasteiger partial charge in [0, 0.05) is 0 Å². The molecule has 0 aliphatic rings. The summed E-state index contributed by atoms with van der Waals surface area (Å²) in [4.78, 5) is 10.5. The molecule has 0 radical (unpaired) electrons. The number of halogens is 4.